The number of fused-ring (bicyclic) bond motifs is 1. The van der Waals surface area contributed by atoms with E-state index in [0.29, 0.717) is 22.3 Å². The molecule has 0 spiro atoms. The molecule has 0 radical (unpaired) electrons. The molecule has 1 amide bonds. The summed E-state index contributed by atoms with van der Waals surface area (Å²) < 4.78 is 7.52. The van der Waals surface area contributed by atoms with Crippen LogP contribution in [0.5, 0.6) is 5.75 Å². The third-order valence-corrected chi connectivity index (χ3v) is 4.90. The quantitative estimate of drug-likeness (QED) is 0.518. The number of nitrogens with zero attached hydrogens (tertiary/aromatic N) is 3. The Morgan fingerprint density at radius 1 is 1.03 bits per heavy atom. The number of methoxy groups -OCH3 is 1. The van der Waals surface area contributed by atoms with Crippen LogP contribution in [0.25, 0.3) is 16.6 Å². The van der Waals surface area contributed by atoms with Gasteiger partial charge in [-0.05, 0) is 48.0 Å². The van der Waals surface area contributed by atoms with E-state index in [0.717, 1.165) is 10.1 Å². The van der Waals surface area contributed by atoms with Crippen molar-refractivity contribution in [2.75, 3.05) is 7.11 Å². The summed E-state index contributed by atoms with van der Waals surface area (Å²) in [6.07, 6.45) is 3.31. The van der Waals surface area contributed by atoms with E-state index in [1.807, 2.05) is 6.07 Å². The van der Waals surface area contributed by atoms with Gasteiger partial charge in [0, 0.05) is 18.9 Å². The predicted octanol–water partition coefficient (Wildman–Crippen LogP) is 1.87. The molecule has 0 aliphatic heterocycles. The molecule has 0 saturated carbocycles. The number of carbonyl (C=O) groups is 1. The van der Waals surface area contributed by atoms with Gasteiger partial charge in [0.2, 0.25) is 5.91 Å². The number of ether oxygens (including phenoxy) is 1. The first-order valence-electron chi connectivity index (χ1n) is 9.63. The largest absolute Gasteiger partial charge is 0.497 e. The van der Waals surface area contributed by atoms with Gasteiger partial charge in [-0.15, -0.1) is 0 Å². The number of rotatable bonds is 6. The second-order valence-corrected chi connectivity index (χ2v) is 6.86. The van der Waals surface area contributed by atoms with E-state index in [-0.39, 0.29) is 19.0 Å². The summed E-state index contributed by atoms with van der Waals surface area (Å²) in [6.45, 7) is 0.0630. The van der Waals surface area contributed by atoms with E-state index in [2.05, 4.69) is 10.3 Å². The van der Waals surface area contributed by atoms with Crippen LogP contribution in [-0.2, 0) is 17.9 Å². The number of hydrogen-bond acceptors (Lipinski definition) is 5. The summed E-state index contributed by atoms with van der Waals surface area (Å²) >= 11 is 0. The Bertz CT molecular complexity index is 1340. The molecule has 0 bridgehead atoms. The molecule has 2 aromatic heterocycles. The van der Waals surface area contributed by atoms with E-state index in [4.69, 9.17) is 4.74 Å². The second-order valence-electron chi connectivity index (χ2n) is 6.86. The van der Waals surface area contributed by atoms with Crippen LogP contribution in [0, 0.1) is 0 Å². The molecular weight excluding hydrogens is 396 g/mol. The maximum absolute atomic E-state index is 13.3. The van der Waals surface area contributed by atoms with E-state index in [1.54, 1.807) is 67.0 Å². The van der Waals surface area contributed by atoms with Crippen LogP contribution in [0.15, 0.2) is 82.6 Å². The summed E-state index contributed by atoms with van der Waals surface area (Å²) in [7, 11) is 1.54. The van der Waals surface area contributed by atoms with Gasteiger partial charge < -0.3 is 10.1 Å². The van der Waals surface area contributed by atoms with Gasteiger partial charge in [0.05, 0.1) is 23.7 Å². The summed E-state index contributed by atoms with van der Waals surface area (Å²) in [5.41, 5.74) is 0.601. The Kier molecular flexibility index (Phi) is 5.61. The van der Waals surface area contributed by atoms with Crippen LogP contribution in [0.3, 0.4) is 0 Å². The minimum Gasteiger partial charge on any atom is -0.497 e. The zero-order valence-electron chi connectivity index (χ0n) is 16.8. The van der Waals surface area contributed by atoms with Crippen molar-refractivity contribution in [2.24, 2.45) is 0 Å². The van der Waals surface area contributed by atoms with Gasteiger partial charge >= 0.3 is 5.69 Å². The third kappa shape index (κ3) is 4.09. The summed E-state index contributed by atoms with van der Waals surface area (Å²) in [5.74, 6) is 0.253. The number of nitrogens with one attached hydrogen (secondary N) is 1. The van der Waals surface area contributed by atoms with Crippen molar-refractivity contribution in [2.45, 2.75) is 13.1 Å². The van der Waals surface area contributed by atoms with Gasteiger partial charge in [0.25, 0.3) is 5.56 Å². The molecule has 0 unspecified atom stereocenters. The topological polar surface area (TPSA) is 95.2 Å². The van der Waals surface area contributed by atoms with Crippen LogP contribution >= 0.6 is 0 Å². The van der Waals surface area contributed by atoms with Gasteiger partial charge in [-0.1, -0.05) is 18.2 Å². The van der Waals surface area contributed by atoms with Gasteiger partial charge in [-0.3, -0.25) is 19.1 Å². The van der Waals surface area contributed by atoms with Gasteiger partial charge in [-0.2, -0.15) is 0 Å². The lowest BCUT2D eigenvalue weighted by Crippen LogP contribution is -2.41. The standard InChI is InChI=1S/C23H20N4O4/c1-31-18-10-8-17(9-11-18)27-22(29)19-6-2-3-7-20(19)26(23(27)30)15-21(28)25-14-16-5-4-12-24-13-16/h2-13H,14-15H2,1H3,(H,25,28). The lowest BCUT2D eigenvalue weighted by molar-refractivity contribution is -0.121. The Labute approximate surface area is 177 Å². The first kappa shape index (κ1) is 20.1. The highest BCUT2D eigenvalue weighted by Gasteiger charge is 2.16. The van der Waals surface area contributed by atoms with Crippen LogP contribution < -0.4 is 21.3 Å². The number of pyridine rings is 1. The van der Waals surface area contributed by atoms with Crippen LogP contribution in [0.2, 0.25) is 0 Å². The summed E-state index contributed by atoms with van der Waals surface area (Å²) in [5, 5.41) is 3.13. The molecule has 8 heteroatoms. The second kappa shape index (κ2) is 8.66. The summed E-state index contributed by atoms with van der Waals surface area (Å²) in [4.78, 5) is 43.0. The highest BCUT2D eigenvalue weighted by atomic mass is 16.5. The lowest BCUT2D eigenvalue weighted by atomic mass is 10.2. The molecular formula is C23H20N4O4. The molecule has 0 fully saturated rings. The molecule has 1 N–H and O–H groups in total. The first-order chi connectivity index (χ1) is 15.1. The molecule has 4 aromatic rings. The zero-order valence-corrected chi connectivity index (χ0v) is 16.8. The Hall–Kier alpha value is -4.20. The number of amides is 1. The molecule has 156 valence electrons. The maximum Gasteiger partial charge on any atom is 0.336 e. The van der Waals surface area contributed by atoms with Gasteiger partial charge in [0.15, 0.2) is 0 Å². The molecule has 4 rings (SSSR count). The normalized spacial score (nSPS) is 10.7. The molecule has 0 aliphatic rings. The zero-order chi connectivity index (χ0) is 21.8. The van der Waals surface area contributed by atoms with Gasteiger partial charge in [0.1, 0.15) is 12.3 Å². The van der Waals surface area contributed by atoms with Crippen molar-refractivity contribution >= 4 is 16.8 Å². The van der Waals surface area contributed by atoms with Crippen molar-refractivity contribution in [3.8, 4) is 11.4 Å². The highest BCUT2D eigenvalue weighted by molar-refractivity contribution is 5.81. The van der Waals surface area contributed by atoms with Crippen LogP contribution in [-0.4, -0.2) is 27.1 Å². The molecule has 31 heavy (non-hydrogen) atoms. The first-order valence-corrected chi connectivity index (χ1v) is 9.63. The average Bonchev–Trinajstić information content (AvgIpc) is 2.81. The number of benzene rings is 2. The van der Waals surface area contributed by atoms with Crippen molar-refractivity contribution in [3.63, 3.8) is 0 Å². The van der Waals surface area contributed by atoms with Crippen LogP contribution in [0.1, 0.15) is 5.56 Å². The Morgan fingerprint density at radius 3 is 2.52 bits per heavy atom. The van der Waals surface area contributed by atoms with E-state index >= 15 is 0 Å². The molecule has 8 nitrogen and oxygen atoms in total. The fourth-order valence-electron chi connectivity index (χ4n) is 3.34. The SMILES string of the molecule is COc1ccc(-n2c(=O)c3ccccc3n(CC(=O)NCc3cccnc3)c2=O)cc1. The number of aromatic nitrogens is 3. The minimum absolute atomic E-state index is 0.226. The van der Waals surface area contributed by atoms with Crippen molar-refractivity contribution in [1.29, 1.82) is 0 Å². The minimum atomic E-state index is -0.592. The van der Waals surface area contributed by atoms with Gasteiger partial charge in [-0.25, -0.2) is 9.36 Å². The Morgan fingerprint density at radius 2 is 1.81 bits per heavy atom. The molecule has 0 saturated heterocycles. The fraction of sp³-hybridized carbons (Fsp3) is 0.130. The molecule has 2 heterocycles. The fourth-order valence-corrected chi connectivity index (χ4v) is 3.34. The number of carbonyl (C=O) groups excluding carboxylic acids is 1. The summed E-state index contributed by atoms with van der Waals surface area (Å²) in [6, 6.07) is 17.0. The number of para-hydroxylation sites is 1. The van der Waals surface area contributed by atoms with E-state index < -0.39 is 11.2 Å². The third-order valence-electron chi connectivity index (χ3n) is 4.90. The average molecular weight is 416 g/mol. The Balaban J connectivity index is 1.74. The number of hydrogen-bond donors (Lipinski definition) is 1. The van der Waals surface area contributed by atoms with Crippen molar-refractivity contribution < 1.29 is 9.53 Å². The van der Waals surface area contributed by atoms with Crippen molar-refractivity contribution in [3.05, 3.63) is 99.5 Å². The molecule has 0 aliphatic carbocycles. The van der Waals surface area contributed by atoms with Crippen molar-refractivity contribution in [1.82, 2.24) is 19.4 Å². The maximum atomic E-state index is 13.3. The monoisotopic (exact) mass is 416 g/mol. The molecule has 2 aromatic carbocycles. The smallest absolute Gasteiger partial charge is 0.336 e. The molecule has 0 atom stereocenters. The van der Waals surface area contributed by atoms with E-state index in [9.17, 15) is 14.4 Å². The predicted molar refractivity (Wildman–Crippen MR) is 116 cm³/mol. The highest BCUT2D eigenvalue weighted by Crippen LogP contribution is 2.14. The lowest BCUT2D eigenvalue weighted by Gasteiger charge is -2.14. The van der Waals surface area contributed by atoms with E-state index in [1.165, 1.54) is 11.7 Å². The van der Waals surface area contributed by atoms with Crippen LogP contribution in [0.4, 0.5) is 0 Å².